The number of nitrogens with two attached hydrogens (primary N) is 2. The van der Waals surface area contributed by atoms with E-state index in [1.54, 1.807) is 0 Å². The molecule has 2 aromatic heterocycles. The number of hydrogen-bond donors (Lipinski definition) is 5. The molecule has 122 valence electrons. The van der Waals surface area contributed by atoms with E-state index in [1.807, 2.05) is 0 Å². The lowest BCUT2D eigenvalue weighted by Crippen LogP contribution is -2.33. The van der Waals surface area contributed by atoms with E-state index < -0.39 is 31.1 Å². The van der Waals surface area contributed by atoms with E-state index in [9.17, 15) is 15.3 Å². The Morgan fingerprint density at radius 3 is 2.74 bits per heavy atom. The Bertz CT molecular complexity index is 782. The smallest absolute Gasteiger partial charge is 0.209 e. The number of imidazole rings is 1. The molecular weight excluding hydrogens is 304 g/mol. The molecule has 3 rings (SSSR count). The minimum atomic E-state index is -1.25. The Labute approximate surface area is 130 Å². The number of aliphatic hydroxyl groups is 3. The van der Waals surface area contributed by atoms with Crippen LogP contribution in [-0.2, 0) is 4.74 Å². The Morgan fingerprint density at radius 2 is 2.09 bits per heavy atom. The summed E-state index contributed by atoms with van der Waals surface area (Å²) in [5.74, 6) is 5.59. The van der Waals surface area contributed by atoms with Crippen molar-refractivity contribution in [3.05, 3.63) is 12.2 Å². The summed E-state index contributed by atoms with van der Waals surface area (Å²) in [6, 6.07) is 0. The molecule has 0 amide bonds. The molecule has 0 radical (unpaired) electrons. The van der Waals surface area contributed by atoms with Gasteiger partial charge >= 0.3 is 0 Å². The molecule has 3 heterocycles. The van der Waals surface area contributed by atoms with Crippen LogP contribution in [0.4, 0.5) is 5.82 Å². The van der Waals surface area contributed by atoms with Crippen LogP contribution < -0.4 is 11.5 Å². The zero-order valence-corrected chi connectivity index (χ0v) is 12.0. The first-order valence-electron chi connectivity index (χ1n) is 6.88. The van der Waals surface area contributed by atoms with Crippen LogP contribution in [-0.4, -0.2) is 66.3 Å². The Balaban J connectivity index is 2.06. The molecular formula is C13H16N6O4. The first kappa shape index (κ1) is 15.6. The fourth-order valence-electron chi connectivity index (χ4n) is 2.42. The highest BCUT2D eigenvalue weighted by molar-refractivity contribution is 5.82. The molecule has 10 heteroatoms. The number of ether oxygens (including phenoxy) is 1. The molecule has 0 spiro atoms. The molecule has 23 heavy (non-hydrogen) atoms. The van der Waals surface area contributed by atoms with E-state index in [-0.39, 0.29) is 18.2 Å². The average molecular weight is 320 g/mol. The molecule has 1 saturated heterocycles. The maximum Gasteiger partial charge on any atom is 0.209 e. The zero-order valence-electron chi connectivity index (χ0n) is 12.0. The number of aliphatic hydroxyl groups excluding tert-OH is 3. The van der Waals surface area contributed by atoms with Crippen molar-refractivity contribution >= 4 is 17.0 Å². The number of rotatable bonds is 2. The van der Waals surface area contributed by atoms with Crippen molar-refractivity contribution in [1.82, 2.24) is 19.5 Å². The topological polar surface area (TPSA) is 166 Å². The van der Waals surface area contributed by atoms with Gasteiger partial charge in [-0.05, 0) is 5.92 Å². The molecule has 0 saturated carbocycles. The normalized spacial score (nSPS) is 27.1. The number of hydrogen-bond acceptors (Lipinski definition) is 9. The summed E-state index contributed by atoms with van der Waals surface area (Å²) in [6.45, 7) is -0.277. The predicted molar refractivity (Wildman–Crippen MR) is 78.7 cm³/mol. The SMILES string of the molecule is NCC#Cc1nc(N)c2ncn([C@@H]3O[C@H](CO)C(O)[C@@H]3O)c2n1. The molecule has 0 aromatic carbocycles. The van der Waals surface area contributed by atoms with Crippen molar-refractivity contribution in [3.8, 4) is 11.8 Å². The molecule has 1 unspecified atom stereocenters. The third-order valence-electron chi connectivity index (χ3n) is 3.54. The summed E-state index contributed by atoms with van der Waals surface area (Å²) in [5.41, 5.74) is 11.8. The molecule has 0 bridgehead atoms. The van der Waals surface area contributed by atoms with Gasteiger partial charge in [-0.1, -0.05) is 5.92 Å². The van der Waals surface area contributed by atoms with Gasteiger partial charge in [0, 0.05) is 0 Å². The van der Waals surface area contributed by atoms with Crippen LogP contribution in [0.15, 0.2) is 6.33 Å². The summed E-state index contributed by atoms with van der Waals surface area (Å²) in [4.78, 5) is 12.3. The van der Waals surface area contributed by atoms with Gasteiger partial charge in [-0.2, -0.15) is 0 Å². The summed E-state index contributed by atoms with van der Waals surface area (Å²) in [6.07, 6.45) is -2.96. The lowest BCUT2D eigenvalue weighted by molar-refractivity contribution is -0.0511. The highest BCUT2D eigenvalue weighted by Crippen LogP contribution is 2.31. The van der Waals surface area contributed by atoms with Gasteiger partial charge in [-0.15, -0.1) is 0 Å². The van der Waals surface area contributed by atoms with Crippen molar-refractivity contribution in [2.45, 2.75) is 24.5 Å². The number of nitrogens with zero attached hydrogens (tertiary/aromatic N) is 4. The minimum Gasteiger partial charge on any atom is -0.394 e. The van der Waals surface area contributed by atoms with Gasteiger partial charge in [-0.25, -0.2) is 15.0 Å². The first-order chi connectivity index (χ1) is 11.1. The second kappa shape index (κ2) is 6.07. The van der Waals surface area contributed by atoms with Crippen LogP contribution in [0.1, 0.15) is 12.1 Å². The van der Waals surface area contributed by atoms with Gasteiger partial charge in [0.1, 0.15) is 23.8 Å². The highest BCUT2D eigenvalue weighted by Gasteiger charge is 2.44. The molecule has 1 fully saturated rings. The fourth-order valence-corrected chi connectivity index (χ4v) is 2.42. The van der Waals surface area contributed by atoms with Crippen LogP contribution in [0.5, 0.6) is 0 Å². The summed E-state index contributed by atoms with van der Waals surface area (Å²) in [5, 5.41) is 29.1. The summed E-state index contributed by atoms with van der Waals surface area (Å²) in [7, 11) is 0. The first-order valence-corrected chi connectivity index (χ1v) is 6.88. The van der Waals surface area contributed by atoms with Gasteiger partial charge in [0.15, 0.2) is 17.7 Å². The van der Waals surface area contributed by atoms with Crippen LogP contribution in [0.3, 0.4) is 0 Å². The van der Waals surface area contributed by atoms with Gasteiger partial charge in [0.05, 0.1) is 19.5 Å². The quantitative estimate of drug-likeness (QED) is 0.371. The standard InChI is InChI=1S/C13H16N6O4/c14-3-1-2-7-17-11(15)8-12(18-7)19(5-16-8)13-10(22)9(21)6(4-20)23-13/h5-6,9-10,13,20-22H,3-4,14H2,(H2,15,17,18)/t6-,9?,10+,13-/m1/s1. The third-order valence-corrected chi connectivity index (χ3v) is 3.54. The van der Waals surface area contributed by atoms with Crippen LogP contribution >= 0.6 is 0 Å². The maximum atomic E-state index is 10.1. The summed E-state index contributed by atoms with van der Waals surface area (Å²) >= 11 is 0. The molecule has 1 aliphatic rings. The van der Waals surface area contributed by atoms with E-state index in [4.69, 9.17) is 16.2 Å². The molecule has 0 aliphatic carbocycles. The highest BCUT2D eigenvalue weighted by atomic mass is 16.6. The van der Waals surface area contributed by atoms with E-state index in [2.05, 4.69) is 26.8 Å². The molecule has 7 N–H and O–H groups in total. The van der Waals surface area contributed by atoms with Crippen LogP contribution in [0.25, 0.3) is 11.2 Å². The van der Waals surface area contributed by atoms with E-state index in [0.29, 0.717) is 11.2 Å². The van der Waals surface area contributed by atoms with Crippen molar-refractivity contribution in [3.63, 3.8) is 0 Å². The van der Waals surface area contributed by atoms with E-state index >= 15 is 0 Å². The number of fused-ring (bicyclic) bond motifs is 1. The van der Waals surface area contributed by atoms with Crippen LogP contribution in [0.2, 0.25) is 0 Å². The lowest BCUT2D eigenvalue weighted by Gasteiger charge is -2.16. The van der Waals surface area contributed by atoms with Crippen LogP contribution in [0, 0.1) is 11.8 Å². The van der Waals surface area contributed by atoms with E-state index in [1.165, 1.54) is 10.9 Å². The molecule has 2 aromatic rings. The van der Waals surface area contributed by atoms with Gasteiger partial charge < -0.3 is 31.5 Å². The maximum absolute atomic E-state index is 10.1. The molecule has 1 aliphatic heterocycles. The number of aromatic nitrogens is 4. The predicted octanol–water partition coefficient (Wildman–Crippen LogP) is -2.67. The number of nitrogen functional groups attached to an aromatic ring is 1. The second-order valence-corrected chi connectivity index (χ2v) is 4.99. The van der Waals surface area contributed by atoms with Crippen molar-refractivity contribution in [2.24, 2.45) is 5.73 Å². The summed E-state index contributed by atoms with van der Waals surface area (Å²) < 4.78 is 6.89. The molecule has 4 atom stereocenters. The fraction of sp³-hybridized carbons (Fsp3) is 0.462. The van der Waals surface area contributed by atoms with Crippen molar-refractivity contribution in [2.75, 3.05) is 18.9 Å². The average Bonchev–Trinajstić information content (AvgIpc) is 3.08. The molecule has 10 nitrogen and oxygen atoms in total. The van der Waals surface area contributed by atoms with E-state index in [0.717, 1.165) is 0 Å². The van der Waals surface area contributed by atoms with Crippen molar-refractivity contribution in [1.29, 1.82) is 0 Å². The van der Waals surface area contributed by atoms with Gasteiger partial charge in [0.25, 0.3) is 0 Å². The number of anilines is 1. The lowest BCUT2D eigenvalue weighted by atomic mass is 10.1. The zero-order chi connectivity index (χ0) is 16.6. The van der Waals surface area contributed by atoms with Gasteiger partial charge in [-0.3, -0.25) is 4.57 Å². The Hall–Kier alpha value is -2.29. The Kier molecular flexibility index (Phi) is 4.12. The second-order valence-electron chi connectivity index (χ2n) is 4.99. The minimum absolute atomic E-state index is 0.127. The third kappa shape index (κ3) is 2.61. The monoisotopic (exact) mass is 320 g/mol. The Morgan fingerprint density at radius 1 is 1.30 bits per heavy atom. The van der Waals surface area contributed by atoms with Gasteiger partial charge in [0.2, 0.25) is 5.82 Å². The largest absolute Gasteiger partial charge is 0.394 e. The van der Waals surface area contributed by atoms with Crippen molar-refractivity contribution < 1.29 is 20.1 Å².